The molecule has 0 aromatic carbocycles. The molecule has 0 unspecified atom stereocenters. The van der Waals surface area contributed by atoms with E-state index in [0.29, 0.717) is 0 Å². The summed E-state index contributed by atoms with van der Waals surface area (Å²) < 4.78 is 43.9. The van der Waals surface area contributed by atoms with Crippen molar-refractivity contribution in [3.63, 3.8) is 0 Å². The summed E-state index contributed by atoms with van der Waals surface area (Å²) in [7, 11) is 0. The lowest BCUT2D eigenvalue weighted by Crippen LogP contribution is -2.44. The quantitative estimate of drug-likeness (QED) is 0.793. The maximum absolute atomic E-state index is 12.8. The molecule has 0 radical (unpaired) electrons. The highest BCUT2D eigenvalue weighted by Crippen LogP contribution is 2.50. The van der Waals surface area contributed by atoms with Gasteiger partial charge in [-0.2, -0.15) is 13.2 Å². The summed E-state index contributed by atoms with van der Waals surface area (Å²) in [5, 5.41) is 9.15. The molecule has 1 aliphatic carbocycles. The van der Waals surface area contributed by atoms with Crippen molar-refractivity contribution in [2.75, 3.05) is 0 Å². The molecule has 104 valence electrons. The van der Waals surface area contributed by atoms with Crippen LogP contribution in [0.4, 0.5) is 13.2 Å². The molecule has 1 N–H and O–H groups in total. The van der Waals surface area contributed by atoms with E-state index in [2.05, 4.69) is 0 Å². The number of halogens is 3. The second-order valence-electron chi connectivity index (χ2n) is 5.47. The highest BCUT2D eigenvalue weighted by molar-refractivity contribution is 5.70. The van der Waals surface area contributed by atoms with Crippen LogP contribution in [0, 0.1) is 23.7 Å². The van der Waals surface area contributed by atoms with Gasteiger partial charge in [0.25, 0.3) is 0 Å². The number of hydrogen-bond donors (Lipinski definition) is 1. The lowest BCUT2D eigenvalue weighted by molar-refractivity contribution is -0.202. The number of carboxylic acids is 1. The Morgan fingerprint density at radius 2 is 1.89 bits per heavy atom. The molecule has 0 bridgehead atoms. The van der Waals surface area contributed by atoms with Crippen molar-refractivity contribution in [1.82, 2.24) is 0 Å². The second kappa shape index (κ2) is 4.40. The lowest BCUT2D eigenvalue weighted by Gasteiger charge is -2.37. The summed E-state index contributed by atoms with van der Waals surface area (Å²) in [6.45, 7) is 3.66. The number of carboxylic acid groups (broad SMARTS) is 1. The first kappa shape index (κ1) is 13.6. The summed E-state index contributed by atoms with van der Waals surface area (Å²) >= 11 is 0. The molecule has 0 aromatic rings. The molecule has 2 rings (SSSR count). The summed E-state index contributed by atoms with van der Waals surface area (Å²) in [4.78, 5) is 11.2. The third kappa shape index (κ3) is 2.22. The van der Waals surface area contributed by atoms with Gasteiger partial charge in [0.1, 0.15) is 0 Å². The topological polar surface area (TPSA) is 46.5 Å². The SMILES string of the molecule is C[C@H]1[C@@H]2[C@H](C[C@@H](C(F)(F)F)C[C@H]2C(=O)O)O[C@H]1C. The van der Waals surface area contributed by atoms with Crippen molar-refractivity contribution in [3.05, 3.63) is 0 Å². The van der Waals surface area contributed by atoms with Gasteiger partial charge in [0.15, 0.2) is 0 Å². The Bertz CT molecular complexity index is 342. The first-order valence-electron chi connectivity index (χ1n) is 6.16. The van der Waals surface area contributed by atoms with Gasteiger partial charge in [-0.25, -0.2) is 0 Å². The van der Waals surface area contributed by atoms with Gasteiger partial charge in [-0.3, -0.25) is 4.79 Å². The number of hydrogen-bond acceptors (Lipinski definition) is 2. The number of aliphatic carboxylic acids is 1. The van der Waals surface area contributed by atoms with Crippen molar-refractivity contribution in [1.29, 1.82) is 0 Å². The predicted molar refractivity (Wildman–Crippen MR) is 56.9 cm³/mol. The van der Waals surface area contributed by atoms with Crippen molar-refractivity contribution in [2.24, 2.45) is 23.7 Å². The zero-order valence-corrected chi connectivity index (χ0v) is 10.3. The first-order chi connectivity index (χ1) is 8.21. The van der Waals surface area contributed by atoms with Crippen LogP contribution in [0.5, 0.6) is 0 Å². The molecule has 1 aliphatic heterocycles. The van der Waals surface area contributed by atoms with Crippen LogP contribution in [0.15, 0.2) is 0 Å². The third-order valence-electron chi connectivity index (χ3n) is 4.47. The second-order valence-corrected chi connectivity index (χ2v) is 5.47. The fourth-order valence-electron chi connectivity index (χ4n) is 3.35. The van der Waals surface area contributed by atoms with E-state index in [1.165, 1.54) is 0 Å². The van der Waals surface area contributed by atoms with Gasteiger partial charge in [-0.1, -0.05) is 6.92 Å². The summed E-state index contributed by atoms with van der Waals surface area (Å²) in [5.41, 5.74) is 0. The van der Waals surface area contributed by atoms with Gasteiger partial charge < -0.3 is 9.84 Å². The fourth-order valence-corrected chi connectivity index (χ4v) is 3.35. The number of alkyl halides is 3. The summed E-state index contributed by atoms with van der Waals surface area (Å²) in [6, 6.07) is 0. The zero-order valence-electron chi connectivity index (χ0n) is 10.3. The molecule has 1 heterocycles. The Morgan fingerprint density at radius 3 is 2.39 bits per heavy atom. The maximum Gasteiger partial charge on any atom is 0.391 e. The Labute approximate surface area is 103 Å². The van der Waals surface area contributed by atoms with Crippen LogP contribution in [0.25, 0.3) is 0 Å². The molecule has 3 nitrogen and oxygen atoms in total. The monoisotopic (exact) mass is 266 g/mol. The summed E-state index contributed by atoms with van der Waals surface area (Å²) in [6.07, 6.45) is -5.50. The van der Waals surface area contributed by atoms with E-state index in [1.54, 1.807) is 6.92 Å². The summed E-state index contributed by atoms with van der Waals surface area (Å²) in [5.74, 6) is -3.95. The minimum absolute atomic E-state index is 0.00900. The molecule has 1 saturated carbocycles. The lowest BCUT2D eigenvalue weighted by atomic mass is 9.68. The smallest absolute Gasteiger partial charge is 0.391 e. The van der Waals surface area contributed by atoms with Crippen molar-refractivity contribution in [3.8, 4) is 0 Å². The molecule has 0 spiro atoms. The molecule has 6 atom stereocenters. The van der Waals surface area contributed by atoms with E-state index >= 15 is 0 Å². The van der Waals surface area contributed by atoms with Gasteiger partial charge in [0, 0.05) is 5.92 Å². The maximum atomic E-state index is 12.8. The van der Waals surface area contributed by atoms with Gasteiger partial charge in [-0.15, -0.1) is 0 Å². The molecule has 2 fully saturated rings. The Kier molecular flexibility index (Phi) is 3.34. The normalized spacial score (nSPS) is 44.7. The van der Waals surface area contributed by atoms with Crippen LogP contribution in [0.3, 0.4) is 0 Å². The van der Waals surface area contributed by atoms with E-state index in [1.807, 2.05) is 6.92 Å². The average Bonchev–Trinajstić information content (AvgIpc) is 2.52. The fraction of sp³-hybridized carbons (Fsp3) is 0.917. The number of carbonyl (C=O) groups is 1. The van der Waals surface area contributed by atoms with Crippen LogP contribution in [0.2, 0.25) is 0 Å². The van der Waals surface area contributed by atoms with Crippen LogP contribution >= 0.6 is 0 Å². The number of fused-ring (bicyclic) bond motifs is 1. The Balaban J connectivity index is 2.24. The highest BCUT2D eigenvalue weighted by Gasteiger charge is 2.55. The number of ether oxygens (including phenoxy) is 1. The molecule has 2 aliphatic rings. The van der Waals surface area contributed by atoms with Gasteiger partial charge in [0.05, 0.1) is 24.0 Å². The first-order valence-corrected chi connectivity index (χ1v) is 6.16. The van der Waals surface area contributed by atoms with Crippen LogP contribution in [-0.2, 0) is 9.53 Å². The third-order valence-corrected chi connectivity index (χ3v) is 4.47. The number of rotatable bonds is 1. The molecular formula is C12H17F3O3. The standard InChI is InChI=1S/C12H17F3O3/c1-5-6(2)18-9-4-7(12(13,14)15)3-8(10(5)9)11(16)17/h5-10H,3-4H2,1-2H3,(H,16,17)/t5-,6+,7+,8-,9+,10+/m1/s1. The Hall–Kier alpha value is -0.780. The molecular weight excluding hydrogens is 249 g/mol. The van der Waals surface area contributed by atoms with Crippen molar-refractivity contribution >= 4 is 5.97 Å². The van der Waals surface area contributed by atoms with Crippen LogP contribution in [0.1, 0.15) is 26.7 Å². The van der Waals surface area contributed by atoms with E-state index in [0.717, 1.165) is 0 Å². The van der Waals surface area contributed by atoms with Crippen LogP contribution < -0.4 is 0 Å². The molecule has 6 heteroatoms. The molecule has 1 saturated heterocycles. The minimum Gasteiger partial charge on any atom is -0.481 e. The molecule has 0 amide bonds. The van der Waals surface area contributed by atoms with E-state index in [-0.39, 0.29) is 30.8 Å². The van der Waals surface area contributed by atoms with E-state index in [9.17, 15) is 18.0 Å². The van der Waals surface area contributed by atoms with Gasteiger partial charge >= 0.3 is 12.1 Å². The molecule has 18 heavy (non-hydrogen) atoms. The van der Waals surface area contributed by atoms with E-state index in [4.69, 9.17) is 9.84 Å². The van der Waals surface area contributed by atoms with Gasteiger partial charge in [0.2, 0.25) is 0 Å². The Morgan fingerprint density at radius 1 is 1.28 bits per heavy atom. The van der Waals surface area contributed by atoms with Gasteiger partial charge in [-0.05, 0) is 25.7 Å². The predicted octanol–water partition coefficient (Wildman–Crippen LogP) is 2.70. The van der Waals surface area contributed by atoms with Crippen LogP contribution in [-0.4, -0.2) is 29.5 Å². The average molecular weight is 266 g/mol. The zero-order chi connectivity index (χ0) is 13.7. The van der Waals surface area contributed by atoms with Crippen molar-refractivity contribution < 1.29 is 27.8 Å². The highest BCUT2D eigenvalue weighted by atomic mass is 19.4. The minimum atomic E-state index is -4.34. The van der Waals surface area contributed by atoms with Crippen molar-refractivity contribution in [2.45, 2.75) is 45.1 Å². The molecule has 0 aromatic heterocycles. The van der Waals surface area contributed by atoms with E-state index < -0.39 is 30.1 Å². The largest absolute Gasteiger partial charge is 0.481 e.